The molecule has 0 aliphatic carbocycles. The molecule has 2 heterocycles. The van der Waals surface area contributed by atoms with E-state index in [1.807, 2.05) is 11.3 Å². The molecule has 2 rings (SSSR count). The minimum atomic E-state index is 0.632. The number of halogens is 1. The molecular formula is C9H12BrNS. The van der Waals surface area contributed by atoms with Crippen molar-refractivity contribution in [3.63, 3.8) is 0 Å². The Morgan fingerprint density at radius 1 is 1.67 bits per heavy atom. The monoisotopic (exact) mass is 245 g/mol. The van der Waals surface area contributed by atoms with Crippen molar-refractivity contribution >= 4 is 27.3 Å². The molecule has 3 heteroatoms. The lowest BCUT2D eigenvalue weighted by molar-refractivity contribution is 0.568. The fourth-order valence-corrected chi connectivity index (χ4v) is 3.43. The third-order valence-corrected chi connectivity index (χ3v) is 3.98. The maximum Gasteiger partial charge on any atom is 0.0704 e. The van der Waals surface area contributed by atoms with Crippen LogP contribution in [0.1, 0.15) is 17.4 Å². The topological polar surface area (TPSA) is 12.0 Å². The standard InChI is InChI=1S/C9H12BrNS/c1-6-4-7-5-9(10)12-8(7)2-3-11-6/h5-6,11H,2-4H2,1H3/t6-/m0/s1. The summed E-state index contributed by atoms with van der Waals surface area (Å²) in [5, 5.41) is 3.49. The average molecular weight is 246 g/mol. The molecule has 1 aliphatic rings. The Labute approximate surface area is 85.3 Å². The summed E-state index contributed by atoms with van der Waals surface area (Å²) in [6.45, 7) is 3.38. The summed E-state index contributed by atoms with van der Waals surface area (Å²) < 4.78 is 1.28. The van der Waals surface area contributed by atoms with Crippen molar-refractivity contribution < 1.29 is 0 Å². The van der Waals surface area contributed by atoms with E-state index >= 15 is 0 Å². The Balaban J connectivity index is 2.30. The molecule has 0 saturated heterocycles. The molecule has 0 spiro atoms. The molecule has 12 heavy (non-hydrogen) atoms. The molecule has 0 amide bonds. The molecule has 0 saturated carbocycles. The van der Waals surface area contributed by atoms with E-state index in [0.717, 1.165) is 6.54 Å². The van der Waals surface area contributed by atoms with E-state index in [2.05, 4.69) is 34.2 Å². The van der Waals surface area contributed by atoms with Gasteiger partial charge in [0.05, 0.1) is 3.79 Å². The fraction of sp³-hybridized carbons (Fsp3) is 0.556. The highest BCUT2D eigenvalue weighted by atomic mass is 79.9. The Morgan fingerprint density at radius 3 is 3.33 bits per heavy atom. The Kier molecular flexibility index (Phi) is 2.53. The van der Waals surface area contributed by atoms with Gasteiger partial charge in [-0.05, 0) is 47.3 Å². The van der Waals surface area contributed by atoms with Gasteiger partial charge in [0.25, 0.3) is 0 Å². The van der Waals surface area contributed by atoms with Gasteiger partial charge in [0, 0.05) is 17.5 Å². The first-order valence-electron chi connectivity index (χ1n) is 4.26. The summed E-state index contributed by atoms with van der Waals surface area (Å²) in [6, 6.07) is 2.90. The second-order valence-corrected chi connectivity index (χ2v) is 5.82. The van der Waals surface area contributed by atoms with Crippen LogP contribution in [0.4, 0.5) is 0 Å². The molecule has 1 aliphatic heterocycles. The van der Waals surface area contributed by atoms with Gasteiger partial charge in [0.1, 0.15) is 0 Å². The SMILES string of the molecule is C[C@H]1Cc2cc(Br)sc2CCN1. The van der Waals surface area contributed by atoms with E-state index in [0.29, 0.717) is 6.04 Å². The van der Waals surface area contributed by atoms with Crippen LogP contribution >= 0.6 is 27.3 Å². The Hall–Kier alpha value is 0.140. The summed E-state index contributed by atoms with van der Waals surface area (Å²) >= 11 is 5.42. The molecule has 0 fully saturated rings. The summed E-state index contributed by atoms with van der Waals surface area (Å²) in [4.78, 5) is 1.55. The summed E-state index contributed by atoms with van der Waals surface area (Å²) in [7, 11) is 0. The number of rotatable bonds is 0. The maximum absolute atomic E-state index is 3.54. The van der Waals surface area contributed by atoms with Gasteiger partial charge in [-0.1, -0.05) is 0 Å². The van der Waals surface area contributed by atoms with E-state index in [1.165, 1.54) is 22.2 Å². The first-order chi connectivity index (χ1) is 5.75. The normalized spacial score (nSPS) is 23.3. The van der Waals surface area contributed by atoms with Crippen LogP contribution in [-0.4, -0.2) is 12.6 Å². The van der Waals surface area contributed by atoms with Crippen LogP contribution in [0.5, 0.6) is 0 Å². The molecule has 1 aromatic heterocycles. The molecular weight excluding hydrogens is 234 g/mol. The second-order valence-electron chi connectivity index (χ2n) is 3.31. The second kappa shape index (κ2) is 3.48. The van der Waals surface area contributed by atoms with Crippen LogP contribution in [0.25, 0.3) is 0 Å². The molecule has 0 unspecified atom stereocenters. The van der Waals surface area contributed by atoms with Crippen molar-refractivity contribution in [1.29, 1.82) is 0 Å². The predicted octanol–water partition coefficient (Wildman–Crippen LogP) is 2.59. The zero-order chi connectivity index (χ0) is 8.55. The zero-order valence-electron chi connectivity index (χ0n) is 7.06. The Bertz CT molecular complexity index is 282. The lowest BCUT2D eigenvalue weighted by Crippen LogP contribution is -2.27. The minimum absolute atomic E-state index is 0.632. The number of hydrogen-bond donors (Lipinski definition) is 1. The molecule has 1 atom stereocenters. The van der Waals surface area contributed by atoms with E-state index in [1.54, 1.807) is 4.88 Å². The van der Waals surface area contributed by atoms with E-state index in [9.17, 15) is 0 Å². The van der Waals surface area contributed by atoms with Gasteiger partial charge >= 0.3 is 0 Å². The lowest BCUT2D eigenvalue weighted by atomic mass is 10.1. The third kappa shape index (κ3) is 1.73. The fourth-order valence-electron chi connectivity index (χ4n) is 1.65. The molecule has 0 aromatic carbocycles. The summed E-state index contributed by atoms with van der Waals surface area (Å²) in [6.07, 6.45) is 2.37. The van der Waals surface area contributed by atoms with Gasteiger partial charge in [-0.15, -0.1) is 11.3 Å². The van der Waals surface area contributed by atoms with Gasteiger partial charge in [0.15, 0.2) is 0 Å². The smallest absolute Gasteiger partial charge is 0.0704 e. The Morgan fingerprint density at radius 2 is 2.50 bits per heavy atom. The van der Waals surface area contributed by atoms with Gasteiger partial charge in [-0.25, -0.2) is 0 Å². The maximum atomic E-state index is 3.54. The summed E-state index contributed by atoms with van der Waals surface area (Å²) in [5.41, 5.74) is 1.53. The van der Waals surface area contributed by atoms with Gasteiger partial charge in [-0.3, -0.25) is 0 Å². The molecule has 1 aromatic rings. The van der Waals surface area contributed by atoms with Crippen molar-refractivity contribution in [2.24, 2.45) is 0 Å². The summed E-state index contributed by atoms with van der Waals surface area (Å²) in [5.74, 6) is 0. The number of hydrogen-bond acceptors (Lipinski definition) is 2. The predicted molar refractivity (Wildman–Crippen MR) is 56.9 cm³/mol. The van der Waals surface area contributed by atoms with Crippen molar-refractivity contribution in [1.82, 2.24) is 5.32 Å². The molecule has 1 N–H and O–H groups in total. The van der Waals surface area contributed by atoms with Gasteiger partial charge in [-0.2, -0.15) is 0 Å². The van der Waals surface area contributed by atoms with Crippen molar-refractivity contribution in [2.75, 3.05) is 6.54 Å². The van der Waals surface area contributed by atoms with Crippen LogP contribution in [0.3, 0.4) is 0 Å². The first kappa shape index (κ1) is 8.73. The third-order valence-electron chi connectivity index (χ3n) is 2.24. The van der Waals surface area contributed by atoms with Crippen molar-refractivity contribution in [3.05, 3.63) is 20.3 Å². The molecule has 0 bridgehead atoms. The van der Waals surface area contributed by atoms with Crippen LogP contribution in [0.15, 0.2) is 9.85 Å². The number of fused-ring (bicyclic) bond motifs is 1. The van der Waals surface area contributed by atoms with Crippen LogP contribution in [-0.2, 0) is 12.8 Å². The first-order valence-corrected chi connectivity index (χ1v) is 5.87. The quantitative estimate of drug-likeness (QED) is 0.741. The average Bonchev–Trinajstić information content (AvgIpc) is 2.23. The van der Waals surface area contributed by atoms with Crippen molar-refractivity contribution in [2.45, 2.75) is 25.8 Å². The van der Waals surface area contributed by atoms with E-state index in [4.69, 9.17) is 0 Å². The minimum Gasteiger partial charge on any atom is -0.314 e. The highest BCUT2D eigenvalue weighted by molar-refractivity contribution is 9.11. The van der Waals surface area contributed by atoms with E-state index < -0.39 is 0 Å². The highest BCUT2D eigenvalue weighted by Gasteiger charge is 2.14. The van der Waals surface area contributed by atoms with Crippen molar-refractivity contribution in [3.8, 4) is 0 Å². The van der Waals surface area contributed by atoms with E-state index in [-0.39, 0.29) is 0 Å². The largest absolute Gasteiger partial charge is 0.314 e. The zero-order valence-corrected chi connectivity index (χ0v) is 9.46. The lowest BCUT2D eigenvalue weighted by Gasteiger charge is -2.07. The molecule has 66 valence electrons. The van der Waals surface area contributed by atoms with Gasteiger partial charge < -0.3 is 5.32 Å². The molecule has 1 nitrogen and oxygen atoms in total. The highest BCUT2D eigenvalue weighted by Crippen LogP contribution is 2.29. The number of nitrogens with one attached hydrogen (secondary N) is 1. The van der Waals surface area contributed by atoms with Crippen LogP contribution < -0.4 is 5.32 Å². The van der Waals surface area contributed by atoms with Crippen LogP contribution in [0, 0.1) is 0 Å². The van der Waals surface area contributed by atoms with Gasteiger partial charge in [0.2, 0.25) is 0 Å². The molecule has 0 radical (unpaired) electrons. The number of thiophene rings is 1. The van der Waals surface area contributed by atoms with Crippen LogP contribution in [0.2, 0.25) is 0 Å².